The van der Waals surface area contributed by atoms with E-state index >= 15 is 0 Å². The van der Waals surface area contributed by atoms with Crippen molar-refractivity contribution in [2.45, 2.75) is 24.7 Å². The van der Waals surface area contributed by atoms with Crippen molar-refractivity contribution >= 4 is 15.5 Å². The van der Waals surface area contributed by atoms with Crippen LogP contribution in [0, 0.1) is 0 Å². The molecule has 2 aromatic rings. The van der Waals surface area contributed by atoms with Crippen LogP contribution in [0.1, 0.15) is 19.0 Å². The Hall–Kier alpha value is -2.02. The highest BCUT2D eigenvalue weighted by atomic mass is 32.2. The first kappa shape index (κ1) is 15.4. The molecule has 0 aliphatic heterocycles. The molecule has 1 aromatic heterocycles. The van der Waals surface area contributed by atoms with E-state index in [2.05, 4.69) is 5.10 Å². The van der Waals surface area contributed by atoms with E-state index in [1.807, 2.05) is 6.92 Å². The summed E-state index contributed by atoms with van der Waals surface area (Å²) in [6, 6.07) is 6.31. The molecular weight excluding hydrogens is 290 g/mol. The van der Waals surface area contributed by atoms with Crippen molar-refractivity contribution in [3.63, 3.8) is 0 Å². The zero-order valence-electron chi connectivity index (χ0n) is 12.3. The van der Waals surface area contributed by atoms with Crippen molar-refractivity contribution in [3.05, 3.63) is 30.0 Å². The molecule has 7 heteroatoms. The van der Waals surface area contributed by atoms with Gasteiger partial charge in [0, 0.05) is 13.3 Å². The minimum atomic E-state index is -3.27. The molecular formula is C14H19N3O3S. The Labute approximate surface area is 124 Å². The van der Waals surface area contributed by atoms with Crippen LogP contribution in [0.2, 0.25) is 0 Å². The number of hydrogen-bond acceptors (Lipinski definition) is 5. The Morgan fingerprint density at radius 1 is 1.38 bits per heavy atom. The molecule has 0 unspecified atom stereocenters. The van der Waals surface area contributed by atoms with Crippen LogP contribution in [-0.2, 0) is 23.3 Å². The number of anilines is 1. The highest BCUT2D eigenvalue weighted by molar-refractivity contribution is 7.90. The molecule has 1 heterocycles. The van der Waals surface area contributed by atoms with Gasteiger partial charge in [-0.1, -0.05) is 19.4 Å². The molecule has 0 atom stereocenters. The third kappa shape index (κ3) is 3.36. The predicted octanol–water partition coefficient (Wildman–Crippen LogP) is 2.15. The maximum Gasteiger partial charge on any atom is 0.241 e. The monoisotopic (exact) mass is 309 g/mol. The van der Waals surface area contributed by atoms with E-state index in [1.165, 1.54) is 12.1 Å². The lowest BCUT2D eigenvalue weighted by atomic mass is 10.2. The number of rotatable bonds is 5. The van der Waals surface area contributed by atoms with Gasteiger partial charge in [-0.05, 0) is 24.6 Å². The highest BCUT2D eigenvalue weighted by Crippen LogP contribution is 2.31. The van der Waals surface area contributed by atoms with Gasteiger partial charge in [0.25, 0.3) is 0 Å². The summed E-state index contributed by atoms with van der Waals surface area (Å²) in [5, 5.41) is 4.32. The van der Waals surface area contributed by atoms with E-state index in [9.17, 15) is 8.42 Å². The lowest BCUT2D eigenvalue weighted by Crippen LogP contribution is -1.99. The zero-order valence-corrected chi connectivity index (χ0v) is 13.1. The van der Waals surface area contributed by atoms with E-state index in [1.54, 1.807) is 23.9 Å². The fraction of sp³-hybridized carbons (Fsp3) is 0.357. The Morgan fingerprint density at radius 2 is 2.10 bits per heavy atom. The number of nitrogens with two attached hydrogens (primary N) is 1. The van der Waals surface area contributed by atoms with Crippen LogP contribution in [-0.4, -0.2) is 24.5 Å². The van der Waals surface area contributed by atoms with Crippen LogP contribution in [0.25, 0.3) is 0 Å². The van der Waals surface area contributed by atoms with Crippen LogP contribution in [0.5, 0.6) is 11.6 Å². The summed E-state index contributed by atoms with van der Waals surface area (Å²) in [4.78, 5) is 0.203. The van der Waals surface area contributed by atoms with Gasteiger partial charge in [0.15, 0.2) is 9.84 Å². The normalized spacial score (nSPS) is 11.6. The Kier molecular flexibility index (Phi) is 4.22. The summed E-state index contributed by atoms with van der Waals surface area (Å²) in [7, 11) is -1.53. The minimum Gasteiger partial charge on any atom is -0.437 e. The number of hydrogen-bond donors (Lipinski definition) is 1. The van der Waals surface area contributed by atoms with Crippen LogP contribution >= 0.6 is 0 Å². The number of aryl methyl sites for hydroxylation is 2. The Bertz CT molecular complexity index is 751. The molecule has 0 fully saturated rings. The molecule has 2 N–H and O–H groups in total. The van der Waals surface area contributed by atoms with Gasteiger partial charge in [-0.15, -0.1) is 0 Å². The van der Waals surface area contributed by atoms with E-state index in [0.717, 1.165) is 24.8 Å². The van der Waals surface area contributed by atoms with Crippen LogP contribution in [0.4, 0.5) is 5.69 Å². The Balaban J connectivity index is 2.35. The van der Waals surface area contributed by atoms with Gasteiger partial charge in [-0.25, -0.2) is 13.1 Å². The average molecular weight is 309 g/mol. The fourth-order valence-electron chi connectivity index (χ4n) is 2.00. The third-order valence-electron chi connectivity index (χ3n) is 3.04. The number of sulfone groups is 1. The summed E-state index contributed by atoms with van der Waals surface area (Å²) in [5.74, 6) is 0.833. The quantitative estimate of drug-likeness (QED) is 0.914. The smallest absolute Gasteiger partial charge is 0.241 e. The number of nitrogens with zero attached hydrogens (tertiary/aromatic N) is 2. The lowest BCUT2D eigenvalue weighted by molar-refractivity contribution is 0.431. The van der Waals surface area contributed by atoms with E-state index in [4.69, 9.17) is 10.5 Å². The van der Waals surface area contributed by atoms with Crippen molar-refractivity contribution in [2.24, 2.45) is 7.05 Å². The summed E-state index contributed by atoms with van der Waals surface area (Å²) in [6.07, 6.45) is 2.86. The Morgan fingerprint density at radius 3 is 2.71 bits per heavy atom. The molecule has 0 saturated heterocycles. The van der Waals surface area contributed by atoms with Crippen LogP contribution in [0.3, 0.4) is 0 Å². The van der Waals surface area contributed by atoms with Crippen molar-refractivity contribution in [3.8, 4) is 11.6 Å². The van der Waals surface area contributed by atoms with E-state index < -0.39 is 9.84 Å². The maximum atomic E-state index is 11.6. The summed E-state index contributed by atoms with van der Waals surface area (Å²) in [6.45, 7) is 2.05. The lowest BCUT2D eigenvalue weighted by Gasteiger charge is -2.08. The molecule has 0 amide bonds. The van der Waals surface area contributed by atoms with Gasteiger partial charge >= 0.3 is 0 Å². The number of aromatic nitrogens is 2. The summed E-state index contributed by atoms with van der Waals surface area (Å²) in [5.41, 5.74) is 7.31. The second-order valence-corrected chi connectivity index (χ2v) is 6.90. The second-order valence-electron chi connectivity index (χ2n) is 4.89. The molecule has 114 valence electrons. The third-order valence-corrected chi connectivity index (χ3v) is 4.15. The van der Waals surface area contributed by atoms with Gasteiger partial charge in [0.1, 0.15) is 11.4 Å². The predicted molar refractivity (Wildman–Crippen MR) is 81.2 cm³/mol. The minimum absolute atomic E-state index is 0.203. The van der Waals surface area contributed by atoms with Gasteiger partial charge in [0.2, 0.25) is 5.88 Å². The first-order valence-electron chi connectivity index (χ1n) is 6.62. The molecule has 0 radical (unpaired) electrons. The summed E-state index contributed by atoms with van der Waals surface area (Å²) < 4.78 is 30.4. The van der Waals surface area contributed by atoms with Gasteiger partial charge in [-0.3, -0.25) is 0 Å². The molecule has 6 nitrogen and oxygen atoms in total. The molecule has 0 spiro atoms. The summed E-state index contributed by atoms with van der Waals surface area (Å²) >= 11 is 0. The highest BCUT2D eigenvalue weighted by Gasteiger charge is 2.16. The molecule has 1 aromatic carbocycles. The van der Waals surface area contributed by atoms with Crippen LogP contribution in [0.15, 0.2) is 29.2 Å². The van der Waals surface area contributed by atoms with Gasteiger partial charge < -0.3 is 10.5 Å². The molecule has 0 bridgehead atoms. The fourth-order valence-corrected chi connectivity index (χ4v) is 2.66. The number of ether oxygens (including phenoxy) is 1. The topological polar surface area (TPSA) is 87.2 Å². The SMILES string of the molecule is CCCc1nn(C)c(Oc2cccc(S(C)(=O)=O)c2)c1N. The molecule has 0 saturated carbocycles. The van der Waals surface area contributed by atoms with E-state index in [-0.39, 0.29) is 4.90 Å². The first-order valence-corrected chi connectivity index (χ1v) is 8.51. The van der Waals surface area contributed by atoms with Crippen molar-refractivity contribution in [1.29, 1.82) is 0 Å². The standard InChI is InChI=1S/C14H19N3O3S/c1-4-6-12-13(15)14(17(2)16-12)20-10-7-5-8-11(9-10)21(3,18)19/h5,7-9H,4,6,15H2,1-3H3. The first-order chi connectivity index (χ1) is 9.82. The molecule has 21 heavy (non-hydrogen) atoms. The average Bonchev–Trinajstić information content (AvgIpc) is 2.66. The molecule has 0 aliphatic carbocycles. The largest absolute Gasteiger partial charge is 0.437 e. The molecule has 2 rings (SSSR count). The molecule has 0 aliphatic rings. The van der Waals surface area contributed by atoms with Crippen molar-refractivity contribution in [2.75, 3.05) is 12.0 Å². The maximum absolute atomic E-state index is 11.6. The van der Waals surface area contributed by atoms with Crippen molar-refractivity contribution < 1.29 is 13.2 Å². The number of benzene rings is 1. The second kappa shape index (κ2) is 5.77. The van der Waals surface area contributed by atoms with Gasteiger partial charge in [-0.2, -0.15) is 5.10 Å². The van der Waals surface area contributed by atoms with Crippen molar-refractivity contribution in [1.82, 2.24) is 9.78 Å². The van der Waals surface area contributed by atoms with Crippen LogP contribution < -0.4 is 10.5 Å². The van der Waals surface area contributed by atoms with E-state index in [0.29, 0.717) is 17.3 Å². The number of nitrogen functional groups attached to an aromatic ring is 1. The zero-order chi connectivity index (χ0) is 15.6. The van der Waals surface area contributed by atoms with Gasteiger partial charge in [0.05, 0.1) is 10.6 Å².